The number of allylic oxidation sites excluding steroid dienone is 12. The summed E-state index contributed by atoms with van der Waals surface area (Å²) in [6.45, 7) is 6.45. The molecule has 0 rings (SSSR count). The first-order valence-electron chi connectivity index (χ1n) is 28.4. The van der Waals surface area contributed by atoms with E-state index in [1.54, 1.807) is 0 Å². The highest BCUT2D eigenvalue weighted by Gasteiger charge is 2.19. The van der Waals surface area contributed by atoms with E-state index in [0.717, 1.165) is 103 Å². The molecule has 6 heteroatoms. The van der Waals surface area contributed by atoms with Gasteiger partial charge in [-0.3, -0.25) is 14.4 Å². The van der Waals surface area contributed by atoms with Gasteiger partial charge in [-0.1, -0.05) is 241 Å². The van der Waals surface area contributed by atoms with Crippen LogP contribution in [0.4, 0.5) is 0 Å². The van der Waals surface area contributed by atoms with Gasteiger partial charge < -0.3 is 14.2 Å². The van der Waals surface area contributed by atoms with Gasteiger partial charge in [0, 0.05) is 19.3 Å². The molecule has 0 radical (unpaired) electrons. The van der Waals surface area contributed by atoms with Crippen LogP contribution in [0.15, 0.2) is 72.9 Å². The van der Waals surface area contributed by atoms with E-state index >= 15 is 0 Å². The van der Waals surface area contributed by atoms with Crippen LogP contribution >= 0.6 is 0 Å². The normalized spacial score (nSPS) is 12.6. The molecule has 0 saturated heterocycles. The first kappa shape index (κ1) is 63.8. The molecular formula is C61H106O6. The second kappa shape index (κ2) is 55.4. The van der Waals surface area contributed by atoms with E-state index in [9.17, 15) is 14.4 Å². The average molecular weight is 936 g/mol. The van der Waals surface area contributed by atoms with Crippen LogP contribution in [0, 0.1) is 0 Å². The highest BCUT2D eigenvalue weighted by Crippen LogP contribution is 2.15. The van der Waals surface area contributed by atoms with Gasteiger partial charge in [0.2, 0.25) is 0 Å². The zero-order chi connectivity index (χ0) is 48.6. The summed E-state index contributed by atoms with van der Waals surface area (Å²) >= 11 is 0. The molecule has 67 heavy (non-hydrogen) atoms. The zero-order valence-corrected chi connectivity index (χ0v) is 44.2. The number of rotatable bonds is 51. The van der Waals surface area contributed by atoms with Crippen molar-refractivity contribution in [2.24, 2.45) is 0 Å². The molecule has 1 unspecified atom stereocenters. The Morgan fingerprint density at radius 1 is 0.313 bits per heavy atom. The maximum atomic E-state index is 12.8. The van der Waals surface area contributed by atoms with Crippen molar-refractivity contribution in [2.45, 2.75) is 284 Å². The van der Waals surface area contributed by atoms with Crippen LogP contribution in [0.1, 0.15) is 278 Å². The number of carbonyl (C=O) groups is 3. The minimum atomic E-state index is -0.777. The molecule has 0 aromatic heterocycles. The molecule has 0 amide bonds. The molecule has 0 fully saturated rings. The van der Waals surface area contributed by atoms with Gasteiger partial charge in [0.15, 0.2) is 6.10 Å². The lowest BCUT2D eigenvalue weighted by Gasteiger charge is -2.18. The van der Waals surface area contributed by atoms with Gasteiger partial charge in [-0.15, -0.1) is 0 Å². The Kier molecular flexibility index (Phi) is 52.8. The molecular weight excluding hydrogens is 829 g/mol. The van der Waals surface area contributed by atoms with Gasteiger partial charge >= 0.3 is 17.9 Å². The molecule has 0 aliphatic heterocycles. The maximum Gasteiger partial charge on any atom is 0.306 e. The van der Waals surface area contributed by atoms with E-state index in [4.69, 9.17) is 14.2 Å². The number of ether oxygens (including phenoxy) is 3. The monoisotopic (exact) mass is 935 g/mol. The molecule has 0 bridgehead atoms. The van der Waals surface area contributed by atoms with Crippen LogP contribution in [0.25, 0.3) is 0 Å². The van der Waals surface area contributed by atoms with Crippen LogP contribution in [0.2, 0.25) is 0 Å². The number of hydrogen-bond acceptors (Lipinski definition) is 6. The molecule has 0 saturated carbocycles. The summed E-state index contributed by atoms with van der Waals surface area (Å²) < 4.78 is 16.7. The molecule has 6 nitrogen and oxygen atoms in total. The molecule has 386 valence electrons. The summed E-state index contributed by atoms with van der Waals surface area (Å²) in [7, 11) is 0. The first-order chi connectivity index (χ1) is 33.0. The quantitative estimate of drug-likeness (QED) is 0.0262. The van der Waals surface area contributed by atoms with E-state index in [1.165, 1.54) is 135 Å². The Morgan fingerprint density at radius 3 is 0.925 bits per heavy atom. The van der Waals surface area contributed by atoms with Crippen molar-refractivity contribution in [1.29, 1.82) is 0 Å². The van der Waals surface area contributed by atoms with Crippen LogP contribution in [-0.4, -0.2) is 37.2 Å². The lowest BCUT2D eigenvalue weighted by molar-refractivity contribution is -0.167. The van der Waals surface area contributed by atoms with E-state index in [0.29, 0.717) is 19.3 Å². The Hall–Kier alpha value is -3.15. The lowest BCUT2D eigenvalue weighted by Crippen LogP contribution is -2.30. The SMILES string of the molecule is CC/C=C\C/C=C\C/C=C\C/C=C\C/C=C\CCCCCCCCCC(=O)OCC(COC(=O)CCCCCCC)OC(=O)CCCCCCCCCCC/C=C\CCCCCCCCCC. The minimum Gasteiger partial charge on any atom is -0.462 e. The molecule has 1 atom stereocenters. The summed E-state index contributed by atoms with van der Waals surface area (Å²) in [5.41, 5.74) is 0. The summed E-state index contributed by atoms with van der Waals surface area (Å²) in [4.78, 5) is 37.8. The largest absolute Gasteiger partial charge is 0.462 e. The molecule has 0 aliphatic rings. The Morgan fingerprint density at radius 2 is 0.582 bits per heavy atom. The Balaban J connectivity index is 4.13. The van der Waals surface area contributed by atoms with Crippen molar-refractivity contribution >= 4 is 17.9 Å². The highest BCUT2D eigenvalue weighted by molar-refractivity contribution is 5.71. The molecule has 0 N–H and O–H groups in total. The van der Waals surface area contributed by atoms with E-state index in [1.807, 2.05) is 0 Å². The molecule has 0 aliphatic carbocycles. The molecule has 0 heterocycles. The standard InChI is InChI=1S/C61H106O6/c1-4-7-10-13-15-17-19-21-23-25-27-29-30-32-33-35-37-39-41-43-45-48-51-54-60(63)66-57-58(56-65-59(62)53-50-47-12-9-6-3)67-61(64)55-52-49-46-44-42-40-38-36-34-31-28-26-24-22-20-18-16-14-11-8-5-2/h7,10,15,17,21,23,26-29,32-33,58H,4-6,8-9,11-14,16,18-20,22,24-25,30-31,34-57H2,1-3H3/b10-7-,17-15-,23-21-,28-26-,29-27-,33-32-. The minimum absolute atomic E-state index is 0.0799. The fourth-order valence-electron chi connectivity index (χ4n) is 7.93. The fraction of sp³-hybridized carbons (Fsp3) is 0.754. The lowest BCUT2D eigenvalue weighted by atomic mass is 10.1. The number of carbonyl (C=O) groups excluding carboxylic acids is 3. The van der Waals surface area contributed by atoms with Gasteiger partial charge in [-0.05, 0) is 89.9 Å². The van der Waals surface area contributed by atoms with Gasteiger partial charge in [0.05, 0.1) is 0 Å². The number of hydrogen-bond donors (Lipinski definition) is 0. The van der Waals surface area contributed by atoms with Crippen LogP contribution in [0.5, 0.6) is 0 Å². The van der Waals surface area contributed by atoms with Gasteiger partial charge in [-0.2, -0.15) is 0 Å². The van der Waals surface area contributed by atoms with Crippen molar-refractivity contribution in [3.05, 3.63) is 72.9 Å². The van der Waals surface area contributed by atoms with Crippen LogP contribution in [0.3, 0.4) is 0 Å². The topological polar surface area (TPSA) is 78.9 Å². The second-order valence-corrected chi connectivity index (χ2v) is 18.8. The van der Waals surface area contributed by atoms with Crippen LogP contribution in [-0.2, 0) is 28.6 Å². The van der Waals surface area contributed by atoms with Crippen molar-refractivity contribution in [3.63, 3.8) is 0 Å². The third kappa shape index (κ3) is 53.7. The third-order valence-electron chi connectivity index (χ3n) is 12.2. The molecule has 0 aromatic carbocycles. The summed E-state index contributed by atoms with van der Waals surface area (Å²) in [5, 5.41) is 0. The van der Waals surface area contributed by atoms with E-state index in [-0.39, 0.29) is 31.1 Å². The van der Waals surface area contributed by atoms with Gasteiger partial charge in [-0.25, -0.2) is 0 Å². The predicted molar refractivity (Wildman–Crippen MR) is 288 cm³/mol. The van der Waals surface area contributed by atoms with Gasteiger partial charge in [0.25, 0.3) is 0 Å². The van der Waals surface area contributed by atoms with Gasteiger partial charge in [0.1, 0.15) is 13.2 Å². The highest BCUT2D eigenvalue weighted by atomic mass is 16.6. The second-order valence-electron chi connectivity index (χ2n) is 18.8. The smallest absolute Gasteiger partial charge is 0.306 e. The molecule has 0 aromatic rings. The molecule has 0 spiro atoms. The summed E-state index contributed by atoms with van der Waals surface area (Å²) in [5.74, 6) is -0.901. The van der Waals surface area contributed by atoms with Crippen molar-refractivity contribution in [1.82, 2.24) is 0 Å². The maximum absolute atomic E-state index is 12.8. The fourth-order valence-corrected chi connectivity index (χ4v) is 7.93. The number of unbranched alkanes of at least 4 members (excludes halogenated alkanes) is 28. The van der Waals surface area contributed by atoms with Crippen molar-refractivity contribution < 1.29 is 28.6 Å². The van der Waals surface area contributed by atoms with E-state index < -0.39 is 6.10 Å². The first-order valence-corrected chi connectivity index (χ1v) is 28.4. The summed E-state index contributed by atoms with van der Waals surface area (Å²) in [6.07, 6.45) is 70.8. The average Bonchev–Trinajstić information content (AvgIpc) is 3.33. The van der Waals surface area contributed by atoms with Crippen LogP contribution < -0.4 is 0 Å². The zero-order valence-electron chi connectivity index (χ0n) is 44.2. The van der Waals surface area contributed by atoms with Crippen molar-refractivity contribution in [3.8, 4) is 0 Å². The number of esters is 3. The predicted octanol–water partition coefficient (Wildman–Crippen LogP) is 19.0. The van der Waals surface area contributed by atoms with Crippen molar-refractivity contribution in [2.75, 3.05) is 13.2 Å². The Labute approximate surface area is 414 Å². The Bertz CT molecular complexity index is 1260. The summed E-state index contributed by atoms with van der Waals surface area (Å²) in [6, 6.07) is 0. The van der Waals surface area contributed by atoms with E-state index in [2.05, 4.69) is 93.7 Å². The third-order valence-corrected chi connectivity index (χ3v) is 12.2.